The molecule has 0 aromatic rings. The lowest BCUT2D eigenvalue weighted by Crippen LogP contribution is -2.55. The van der Waals surface area contributed by atoms with E-state index in [1.807, 2.05) is 0 Å². The number of methoxy groups -OCH3 is 1. The molecule has 1 atom stereocenters. The van der Waals surface area contributed by atoms with Crippen LogP contribution in [0.1, 0.15) is 44.9 Å². The fraction of sp³-hybridized carbons (Fsp3) is 0.786. The quantitative estimate of drug-likeness (QED) is 0.758. The van der Waals surface area contributed by atoms with Crippen molar-refractivity contribution in [3.05, 3.63) is 0 Å². The number of likely N-dealkylation sites (tertiary alicyclic amines) is 1. The molecule has 0 aromatic carbocycles. The fourth-order valence-corrected chi connectivity index (χ4v) is 3.38. The molecule has 2 rings (SSSR count). The summed E-state index contributed by atoms with van der Waals surface area (Å²) in [5.74, 6) is -1.33. The highest BCUT2D eigenvalue weighted by Crippen LogP contribution is 2.33. The second-order valence-electron chi connectivity index (χ2n) is 5.86. The van der Waals surface area contributed by atoms with Crippen LogP contribution >= 0.6 is 0 Å². The molecule has 1 aliphatic heterocycles. The molecule has 1 aliphatic carbocycles. The average molecular weight is 298 g/mol. The first-order chi connectivity index (χ1) is 9.97. The highest BCUT2D eigenvalue weighted by Gasteiger charge is 2.41. The number of hydrogen-bond acceptors (Lipinski definition) is 4. The highest BCUT2D eigenvalue weighted by molar-refractivity contribution is 5.85. The van der Waals surface area contributed by atoms with Crippen molar-refractivity contribution in [1.82, 2.24) is 10.2 Å². The van der Waals surface area contributed by atoms with Gasteiger partial charge in [0.1, 0.15) is 6.04 Å². The van der Waals surface area contributed by atoms with Gasteiger partial charge in [-0.2, -0.15) is 0 Å². The average Bonchev–Trinajstić information content (AvgIpc) is 3.06. The molecule has 118 valence electrons. The minimum Gasteiger partial charge on any atom is -0.481 e. The Hall–Kier alpha value is -1.79. The maximum Gasteiger partial charge on any atom is 0.328 e. The lowest BCUT2D eigenvalue weighted by atomic mass is 9.93. The Morgan fingerprint density at radius 3 is 2.52 bits per heavy atom. The molecule has 1 unspecified atom stereocenters. The summed E-state index contributed by atoms with van der Waals surface area (Å²) in [6, 6.07) is -0.913. The largest absolute Gasteiger partial charge is 0.481 e. The number of aliphatic carboxylic acids is 1. The Balaban J connectivity index is 2.05. The van der Waals surface area contributed by atoms with Crippen LogP contribution in [0.4, 0.5) is 4.79 Å². The predicted molar refractivity (Wildman–Crippen MR) is 73.7 cm³/mol. The van der Waals surface area contributed by atoms with E-state index in [4.69, 9.17) is 9.84 Å². The van der Waals surface area contributed by atoms with Gasteiger partial charge in [-0.25, -0.2) is 9.59 Å². The molecular weight excluding hydrogens is 276 g/mol. The van der Waals surface area contributed by atoms with E-state index in [1.54, 1.807) is 0 Å². The van der Waals surface area contributed by atoms with Gasteiger partial charge in [0, 0.05) is 6.54 Å². The molecule has 1 heterocycles. The van der Waals surface area contributed by atoms with Crippen LogP contribution in [0.25, 0.3) is 0 Å². The first kappa shape index (κ1) is 15.6. The minimum atomic E-state index is -0.914. The van der Waals surface area contributed by atoms with E-state index in [1.165, 1.54) is 12.0 Å². The Morgan fingerprint density at radius 2 is 1.95 bits per heavy atom. The molecule has 0 aromatic heterocycles. The topological polar surface area (TPSA) is 95.9 Å². The molecular formula is C14H22N2O5. The van der Waals surface area contributed by atoms with Crippen LogP contribution in [0.5, 0.6) is 0 Å². The van der Waals surface area contributed by atoms with Gasteiger partial charge in [0.05, 0.1) is 19.1 Å². The van der Waals surface area contributed by atoms with E-state index in [0.717, 1.165) is 19.3 Å². The van der Waals surface area contributed by atoms with E-state index < -0.39 is 23.5 Å². The summed E-state index contributed by atoms with van der Waals surface area (Å²) < 4.78 is 4.72. The standard InChI is InChI=1S/C14H22N2O5/c1-21-12(19)10-5-4-8-16(10)13(20)15-14(9-11(17)18)6-2-3-7-14/h10H,2-9H2,1H3,(H,15,20)(H,17,18). The van der Waals surface area contributed by atoms with Crippen LogP contribution in [0.3, 0.4) is 0 Å². The molecule has 2 amide bonds. The summed E-state index contributed by atoms with van der Waals surface area (Å²) >= 11 is 0. The number of carboxylic acid groups (broad SMARTS) is 1. The van der Waals surface area contributed by atoms with Crippen molar-refractivity contribution >= 4 is 18.0 Å². The van der Waals surface area contributed by atoms with E-state index in [0.29, 0.717) is 25.8 Å². The summed E-state index contributed by atoms with van der Waals surface area (Å²) in [5.41, 5.74) is -0.674. The lowest BCUT2D eigenvalue weighted by molar-refractivity contribution is -0.145. The van der Waals surface area contributed by atoms with Crippen LogP contribution < -0.4 is 5.32 Å². The molecule has 7 heteroatoms. The molecule has 21 heavy (non-hydrogen) atoms. The van der Waals surface area contributed by atoms with E-state index >= 15 is 0 Å². The first-order valence-electron chi connectivity index (χ1n) is 7.36. The van der Waals surface area contributed by atoms with Crippen molar-refractivity contribution in [3.63, 3.8) is 0 Å². The second-order valence-corrected chi connectivity index (χ2v) is 5.86. The maximum atomic E-state index is 12.4. The third-order valence-electron chi connectivity index (χ3n) is 4.41. The van der Waals surface area contributed by atoms with E-state index in [2.05, 4.69) is 5.32 Å². The van der Waals surface area contributed by atoms with Crippen molar-refractivity contribution in [1.29, 1.82) is 0 Å². The Morgan fingerprint density at radius 1 is 1.29 bits per heavy atom. The van der Waals surface area contributed by atoms with Gasteiger partial charge in [-0.3, -0.25) is 4.79 Å². The van der Waals surface area contributed by atoms with Gasteiger partial charge >= 0.3 is 18.0 Å². The van der Waals surface area contributed by atoms with Gasteiger partial charge in [-0.05, 0) is 25.7 Å². The number of nitrogens with zero attached hydrogens (tertiary/aromatic N) is 1. The van der Waals surface area contributed by atoms with Crippen molar-refractivity contribution in [2.45, 2.75) is 56.5 Å². The second kappa shape index (κ2) is 6.32. The van der Waals surface area contributed by atoms with Crippen molar-refractivity contribution in [2.24, 2.45) is 0 Å². The number of carboxylic acids is 1. The van der Waals surface area contributed by atoms with Crippen molar-refractivity contribution < 1.29 is 24.2 Å². The Kier molecular flexibility index (Phi) is 4.69. The zero-order chi connectivity index (χ0) is 15.5. The molecule has 2 fully saturated rings. The number of rotatable bonds is 4. The third kappa shape index (κ3) is 3.46. The Bertz CT molecular complexity index is 431. The lowest BCUT2D eigenvalue weighted by Gasteiger charge is -2.32. The van der Waals surface area contributed by atoms with Crippen LogP contribution in [-0.2, 0) is 14.3 Å². The molecule has 1 saturated heterocycles. The highest BCUT2D eigenvalue weighted by atomic mass is 16.5. The van der Waals surface area contributed by atoms with Crippen molar-refractivity contribution in [2.75, 3.05) is 13.7 Å². The third-order valence-corrected chi connectivity index (χ3v) is 4.41. The number of urea groups is 1. The molecule has 2 aliphatic rings. The summed E-state index contributed by atoms with van der Waals surface area (Å²) in [7, 11) is 1.31. The number of ether oxygens (including phenoxy) is 1. The van der Waals surface area contributed by atoms with Gasteiger partial charge in [0.15, 0.2) is 0 Å². The summed E-state index contributed by atoms with van der Waals surface area (Å²) in [5, 5.41) is 11.9. The number of carbonyl (C=O) groups excluding carboxylic acids is 2. The van der Waals surface area contributed by atoms with Gasteiger partial charge in [-0.15, -0.1) is 0 Å². The van der Waals surface area contributed by atoms with Gasteiger partial charge < -0.3 is 20.1 Å². The molecule has 0 radical (unpaired) electrons. The fourth-order valence-electron chi connectivity index (χ4n) is 3.38. The molecule has 1 saturated carbocycles. The normalized spacial score (nSPS) is 23.9. The zero-order valence-electron chi connectivity index (χ0n) is 12.3. The first-order valence-corrected chi connectivity index (χ1v) is 7.36. The molecule has 2 N–H and O–H groups in total. The number of amides is 2. The van der Waals surface area contributed by atoms with Gasteiger partial charge in [0.2, 0.25) is 0 Å². The van der Waals surface area contributed by atoms with Crippen molar-refractivity contribution in [3.8, 4) is 0 Å². The zero-order valence-corrected chi connectivity index (χ0v) is 12.3. The number of hydrogen-bond donors (Lipinski definition) is 2. The maximum absolute atomic E-state index is 12.4. The van der Waals surface area contributed by atoms with Gasteiger partial charge in [0.25, 0.3) is 0 Å². The summed E-state index contributed by atoms with van der Waals surface area (Å²) in [6.07, 6.45) is 4.42. The Labute approximate surface area is 123 Å². The summed E-state index contributed by atoms with van der Waals surface area (Å²) in [6.45, 7) is 0.495. The summed E-state index contributed by atoms with van der Waals surface area (Å²) in [4.78, 5) is 36.6. The monoisotopic (exact) mass is 298 g/mol. The molecule has 0 spiro atoms. The predicted octanol–water partition coefficient (Wildman–Crippen LogP) is 1.12. The SMILES string of the molecule is COC(=O)C1CCCN1C(=O)NC1(CC(=O)O)CCCC1. The number of nitrogens with one attached hydrogen (secondary N) is 1. The number of esters is 1. The van der Waals surface area contributed by atoms with Crippen LogP contribution in [0.2, 0.25) is 0 Å². The smallest absolute Gasteiger partial charge is 0.328 e. The molecule has 7 nitrogen and oxygen atoms in total. The van der Waals surface area contributed by atoms with Crippen LogP contribution in [0.15, 0.2) is 0 Å². The van der Waals surface area contributed by atoms with Crippen LogP contribution in [-0.4, -0.2) is 53.2 Å². The number of carbonyl (C=O) groups is 3. The minimum absolute atomic E-state index is 0.0739. The van der Waals surface area contributed by atoms with E-state index in [9.17, 15) is 14.4 Å². The van der Waals surface area contributed by atoms with Gasteiger partial charge in [-0.1, -0.05) is 12.8 Å². The van der Waals surface area contributed by atoms with E-state index in [-0.39, 0.29) is 12.5 Å². The van der Waals surface area contributed by atoms with Crippen LogP contribution in [0, 0.1) is 0 Å². The molecule has 0 bridgehead atoms.